The predicted molar refractivity (Wildman–Crippen MR) is 162 cm³/mol. The van der Waals surface area contributed by atoms with Crippen molar-refractivity contribution in [2.75, 3.05) is 16.8 Å². The van der Waals surface area contributed by atoms with E-state index in [1.807, 2.05) is 56.3 Å². The zero-order valence-electron chi connectivity index (χ0n) is 24.2. The van der Waals surface area contributed by atoms with E-state index in [-0.39, 0.29) is 17.8 Å². The number of carbonyl (C=O) groups is 1. The number of aryl methyl sites for hydroxylation is 2. The molecule has 7 heteroatoms. The molecule has 2 heterocycles. The molecule has 212 valence electrons. The lowest BCUT2D eigenvalue weighted by Gasteiger charge is -2.37. The topological polar surface area (TPSA) is 67.3 Å². The summed E-state index contributed by atoms with van der Waals surface area (Å²) in [4.78, 5) is 24.6. The Bertz CT molecular complexity index is 1520. The average molecular weight is 553 g/mol. The van der Waals surface area contributed by atoms with Crippen LogP contribution in [-0.2, 0) is 12.8 Å². The number of rotatable bonds is 9. The van der Waals surface area contributed by atoms with Gasteiger partial charge in [-0.05, 0) is 105 Å². The molecular formula is C34H37FN4O2. The number of aromatic nitrogens is 2. The molecule has 0 saturated heterocycles. The molecule has 6 nitrogen and oxygen atoms in total. The van der Waals surface area contributed by atoms with Crippen LogP contribution in [-0.4, -0.2) is 22.5 Å². The van der Waals surface area contributed by atoms with Crippen LogP contribution in [0.15, 0.2) is 66.7 Å². The number of hydrogen-bond donors (Lipinski definition) is 1. The maximum atomic E-state index is 13.3. The van der Waals surface area contributed by atoms with Crippen molar-refractivity contribution in [1.29, 1.82) is 0 Å². The summed E-state index contributed by atoms with van der Waals surface area (Å²) in [5.41, 5.74) is 6.77. The van der Waals surface area contributed by atoms with Gasteiger partial charge in [-0.15, -0.1) is 0 Å². The lowest BCUT2D eigenvalue weighted by atomic mass is 9.93. The van der Waals surface area contributed by atoms with Gasteiger partial charge >= 0.3 is 5.97 Å². The molecular weight excluding hydrogens is 515 g/mol. The van der Waals surface area contributed by atoms with E-state index >= 15 is 0 Å². The quantitative estimate of drug-likeness (QED) is 0.129. The molecule has 0 amide bonds. The number of hydrogen-bond acceptors (Lipinski definition) is 6. The molecule has 0 spiro atoms. The number of benzene rings is 3. The monoisotopic (exact) mass is 552 g/mol. The van der Waals surface area contributed by atoms with Gasteiger partial charge in [-0.25, -0.2) is 14.2 Å². The minimum Gasteiger partial charge on any atom is -0.423 e. The summed E-state index contributed by atoms with van der Waals surface area (Å²) in [5, 5.41) is 3.20. The van der Waals surface area contributed by atoms with E-state index in [9.17, 15) is 9.18 Å². The van der Waals surface area contributed by atoms with Crippen molar-refractivity contribution in [3.05, 3.63) is 106 Å². The van der Waals surface area contributed by atoms with E-state index < -0.39 is 0 Å². The van der Waals surface area contributed by atoms with E-state index in [1.54, 1.807) is 12.1 Å². The molecule has 0 saturated carbocycles. The minimum atomic E-state index is -0.344. The van der Waals surface area contributed by atoms with Gasteiger partial charge in [-0.2, -0.15) is 4.98 Å². The third-order valence-corrected chi connectivity index (χ3v) is 7.86. The number of unbranched alkanes of at least 4 members (excludes halogenated alkanes) is 2. The summed E-state index contributed by atoms with van der Waals surface area (Å²) in [7, 11) is 0. The Morgan fingerprint density at radius 1 is 1.02 bits per heavy atom. The Morgan fingerprint density at radius 2 is 1.78 bits per heavy atom. The van der Waals surface area contributed by atoms with Gasteiger partial charge in [0.1, 0.15) is 17.4 Å². The Hall–Kier alpha value is -4.26. The lowest BCUT2D eigenvalue weighted by Crippen LogP contribution is -2.35. The van der Waals surface area contributed by atoms with Crippen molar-refractivity contribution in [2.45, 2.75) is 65.8 Å². The largest absolute Gasteiger partial charge is 0.423 e. The van der Waals surface area contributed by atoms with Crippen LogP contribution in [0.5, 0.6) is 5.75 Å². The number of halogens is 1. The molecule has 5 rings (SSSR count). The van der Waals surface area contributed by atoms with Crippen LogP contribution >= 0.6 is 0 Å². The second-order valence-corrected chi connectivity index (χ2v) is 10.7. The molecule has 1 aliphatic rings. The third-order valence-electron chi connectivity index (χ3n) is 7.86. The van der Waals surface area contributed by atoms with Crippen molar-refractivity contribution in [3.8, 4) is 5.75 Å². The Kier molecular flexibility index (Phi) is 8.62. The number of carbonyl (C=O) groups excluding carboxylic acids is 1. The molecule has 1 N–H and O–H groups in total. The number of esters is 1. The molecule has 3 aromatic carbocycles. The third kappa shape index (κ3) is 6.56. The minimum absolute atomic E-state index is 0.0652. The number of anilines is 3. The van der Waals surface area contributed by atoms with E-state index in [4.69, 9.17) is 9.72 Å². The molecule has 0 fully saturated rings. The molecule has 41 heavy (non-hydrogen) atoms. The Morgan fingerprint density at radius 3 is 2.51 bits per heavy atom. The highest BCUT2D eigenvalue weighted by Crippen LogP contribution is 2.36. The van der Waals surface area contributed by atoms with Crippen molar-refractivity contribution in [3.63, 3.8) is 0 Å². The van der Waals surface area contributed by atoms with E-state index in [0.717, 1.165) is 48.6 Å². The predicted octanol–water partition coefficient (Wildman–Crippen LogP) is 8.05. The highest BCUT2D eigenvalue weighted by atomic mass is 19.1. The normalized spacial score (nSPS) is 14.5. The summed E-state index contributed by atoms with van der Waals surface area (Å²) < 4.78 is 19.1. The summed E-state index contributed by atoms with van der Waals surface area (Å²) in [6.45, 7) is 9.13. The average Bonchev–Trinajstić information content (AvgIpc) is 2.97. The van der Waals surface area contributed by atoms with Gasteiger partial charge in [-0.3, -0.25) is 0 Å². The second-order valence-electron chi connectivity index (χ2n) is 10.7. The zero-order chi connectivity index (χ0) is 28.9. The van der Waals surface area contributed by atoms with Crippen LogP contribution in [0.25, 0.3) is 0 Å². The van der Waals surface area contributed by atoms with Gasteiger partial charge < -0.3 is 15.0 Å². The first-order valence-electron chi connectivity index (χ1n) is 14.4. The number of fused-ring (bicyclic) bond motifs is 1. The molecule has 1 atom stereocenters. The van der Waals surface area contributed by atoms with Crippen molar-refractivity contribution >= 4 is 23.4 Å². The number of nitrogens with one attached hydrogen (secondary N) is 1. The Labute approximate surface area is 241 Å². The summed E-state index contributed by atoms with van der Waals surface area (Å²) in [6, 6.07) is 19.9. The van der Waals surface area contributed by atoms with Crippen LogP contribution in [0, 0.1) is 19.7 Å². The molecule has 1 unspecified atom stereocenters. The van der Waals surface area contributed by atoms with E-state index in [1.165, 1.54) is 41.7 Å². The number of nitrogens with zero attached hydrogens (tertiary/aromatic N) is 3. The standard InChI is InChI=1S/C34H37FN4O2/c1-5-6-7-8-25-9-11-26(12-10-25)33(40)41-30-17-18-31-24(4)39(20-19-27(31)21-30)32-22(2)23(3)36-34(38-32)37-29-15-13-28(35)14-16-29/h9-18,21,24H,5-8,19-20H2,1-4H3,(H,36,37,38). The summed E-state index contributed by atoms with van der Waals surface area (Å²) in [5.74, 6) is 1.27. The van der Waals surface area contributed by atoms with E-state index in [2.05, 4.69) is 29.0 Å². The van der Waals surface area contributed by atoms with Crippen LogP contribution in [0.2, 0.25) is 0 Å². The lowest BCUT2D eigenvalue weighted by molar-refractivity contribution is 0.0734. The fourth-order valence-corrected chi connectivity index (χ4v) is 5.33. The van der Waals surface area contributed by atoms with Gasteiger partial charge in [0.15, 0.2) is 0 Å². The second kappa shape index (κ2) is 12.5. The molecule has 0 radical (unpaired) electrons. The zero-order valence-corrected chi connectivity index (χ0v) is 24.2. The van der Waals surface area contributed by atoms with Crippen molar-refractivity contribution in [1.82, 2.24) is 9.97 Å². The first kappa shape index (κ1) is 28.3. The maximum Gasteiger partial charge on any atom is 0.343 e. The Balaban J connectivity index is 1.29. The number of ether oxygens (including phenoxy) is 1. The first-order valence-corrected chi connectivity index (χ1v) is 14.4. The van der Waals surface area contributed by atoms with Gasteiger partial charge in [0, 0.05) is 23.5 Å². The summed E-state index contributed by atoms with van der Waals surface area (Å²) in [6.07, 6.45) is 5.39. The van der Waals surface area contributed by atoms with E-state index in [0.29, 0.717) is 17.3 Å². The smallest absolute Gasteiger partial charge is 0.343 e. The summed E-state index contributed by atoms with van der Waals surface area (Å²) >= 11 is 0. The molecule has 1 aromatic heterocycles. The van der Waals surface area contributed by atoms with Gasteiger partial charge in [-0.1, -0.05) is 38.0 Å². The van der Waals surface area contributed by atoms with Gasteiger partial charge in [0.25, 0.3) is 0 Å². The van der Waals surface area contributed by atoms with Crippen LogP contribution in [0.4, 0.5) is 21.8 Å². The maximum absolute atomic E-state index is 13.3. The van der Waals surface area contributed by atoms with Crippen LogP contribution in [0.1, 0.15) is 77.5 Å². The molecule has 0 bridgehead atoms. The van der Waals surface area contributed by atoms with Crippen LogP contribution < -0.4 is 15.0 Å². The highest BCUT2D eigenvalue weighted by molar-refractivity contribution is 5.91. The fourth-order valence-electron chi connectivity index (χ4n) is 5.33. The van der Waals surface area contributed by atoms with Gasteiger partial charge in [0.05, 0.1) is 11.6 Å². The highest BCUT2D eigenvalue weighted by Gasteiger charge is 2.28. The van der Waals surface area contributed by atoms with Gasteiger partial charge in [0.2, 0.25) is 5.95 Å². The van der Waals surface area contributed by atoms with Crippen molar-refractivity contribution in [2.24, 2.45) is 0 Å². The fraction of sp³-hybridized carbons (Fsp3) is 0.324. The SMILES string of the molecule is CCCCCc1ccc(C(=O)Oc2ccc3c(c2)CCN(c2nc(Nc4ccc(F)cc4)nc(C)c2C)C3C)cc1. The molecule has 0 aliphatic carbocycles. The molecule has 1 aliphatic heterocycles. The van der Waals surface area contributed by atoms with Crippen molar-refractivity contribution < 1.29 is 13.9 Å². The first-order chi connectivity index (χ1) is 19.8. The van der Waals surface area contributed by atoms with Crippen LogP contribution in [0.3, 0.4) is 0 Å². The molecule has 4 aromatic rings.